The first-order valence-corrected chi connectivity index (χ1v) is 11.0. The second kappa shape index (κ2) is 20.8. The monoisotopic (exact) mass is 400 g/mol. The number of hydrogen-bond acceptors (Lipinski definition) is 6. The predicted octanol–water partition coefficient (Wildman–Crippen LogP) is 3.91. The molecule has 0 saturated heterocycles. The number of aliphatic hydroxyl groups is 2. The Kier molecular flexibility index (Phi) is 20.2. The molecule has 0 heterocycles. The molecule has 0 aromatic rings. The van der Waals surface area contributed by atoms with Crippen molar-refractivity contribution < 1.29 is 29.3 Å². The van der Waals surface area contributed by atoms with Gasteiger partial charge < -0.3 is 24.5 Å². The molecule has 0 radical (unpaired) electrons. The summed E-state index contributed by atoms with van der Waals surface area (Å²) in [5, 5.41) is 27.0. The van der Waals surface area contributed by atoms with Crippen molar-refractivity contribution in [1.82, 2.24) is 0 Å². The molecular weight excluding hydrogens is 359 g/mol. The van der Waals surface area contributed by atoms with E-state index in [2.05, 4.69) is 23.7 Å². The molecule has 0 amide bonds. The number of carbonyl (C=O) groups is 1. The van der Waals surface area contributed by atoms with E-state index in [4.69, 9.17) is 14.9 Å². The van der Waals surface area contributed by atoms with Gasteiger partial charge in [-0.1, -0.05) is 70.4 Å². The first-order valence-electron chi connectivity index (χ1n) is 11.0. The molecule has 0 aliphatic carbocycles. The van der Waals surface area contributed by atoms with E-state index in [0.717, 1.165) is 32.1 Å². The Hall–Kier alpha value is -0.885. The molecule has 0 bridgehead atoms. The number of aliphatic hydroxyl groups excluding tert-OH is 2. The summed E-state index contributed by atoms with van der Waals surface area (Å²) in [4.78, 5) is 11.5. The van der Waals surface area contributed by atoms with E-state index in [1.54, 1.807) is 0 Å². The quantitative estimate of drug-likeness (QED) is 0.163. The number of allylic oxidation sites excluding steroid dienone is 2. The van der Waals surface area contributed by atoms with E-state index < -0.39 is 26.0 Å². The molecule has 0 aliphatic heterocycles. The van der Waals surface area contributed by atoms with Crippen LogP contribution in [0, 0.1) is 0 Å². The summed E-state index contributed by atoms with van der Waals surface area (Å²) >= 11 is 0. The Balaban J connectivity index is 3.35. The third-order valence-corrected chi connectivity index (χ3v) is 4.52. The average Bonchev–Trinajstić information content (AvgIpc) is 2.69. The summed E-state index contributed by atoms with van der Waals surface area (Å²) in [5.41, 5.74) is 0. The third-order valence-electron chi connectivity index (χ3n) is 4.52. The number of hydrogen-bond donors (Lipinski definition) is 3. The van der Waals surface area contributed by atoms with Crippen LogP contribution in [0.2, 0.25) is 0 Å². The van der Waals surface area contributed by atoms with Crippen molar-refractivity contribution in [2.45, 2.75) is 103 Å². The molecule has 7 heteroatoms. The molecule has 1 unspecified atom stereocenters. The fourth-order valence-corrected chi connectivity index (χ4v) is 2.79. The van der Waals surface area contributed by atoms with Gasteiger partial charge in [0.2, 0.25) is 0 Å². The van der Waals surface area contributed by atoms with Crippen molar-refractivity contribution in [3.05, 3.63) is 12.2 Å². The molecule has 28 heavy (non-hydrogen) atoms. The van der Waals surface area contributed by atoms with Crippen molar-refractivity contribution in [1.29, 1.82) is 0 Å². The summed E-state index contributed by atoms with van der Waals surface area (Å²) in [6.45, 7) is 1.47. The maximum atomic E-state index is 11.5. The minimum atomic E-state index is -1.70. The van der Waals surface area contributed by atoms with Crippen LogP contribution in [0.1, 0.15) is 96.8 Å². The van der Waals surface area contributed by atoms with Crippen LogP contribution in [0.3, 0.4) is 0 Å². The molecule has 0 fully saturated rings. The van der Waals surface area contributed by atoms with Gasteiger partial charge in [-0.2, -0.15) is 0 Å². The van der Waals surface area contributed by atoms with E-state index in [9.17, 15) is 9.82 Å². The Labute approximate surface area is 171 Å². The number of rotatable bonds is 20. The van der Waals surface area contributed by atoms with Crippen molar-refractivity contribution in [3.8, 4) is 0 Å². The highest BCUT2D eigenvalue weighted by molar-refractivity contribution is 6.37. The van der Waals surface area contributed by atoms with Crippen molar-refractivity contribution in [2.75, 3.05) is 13.2 Å². The highest BCUT2D eigenvalue weighted by Crippen LogP contribution is 2.10. The Morgan fingerprint density at radius 3 is 2.04 bits per heavy atom. The zero-order chi connectivity index (χ0) is 20.9. The lowest BCUT2D eigenvalue weighted by molar-refractivity contribution is -0.137. The molecule has 164 valence electrons. The zero-order valence-electron chi connectivity index (χ0n) is 17.7. The SMILES string of the molecule is CCCCCCCC/C=C\CCCCCCCC(=O)OB(O)OCC(O)CO. The van der Waals surface area contributed by atoms with Crippen LogP contribution in [0.25, 0.3) is 0 Å². The van der Waals surface area contributed by atoms with Crippen molar-refractivity contribution >= 4 is 13.3 Å². The van der Waals surface area contributed by atoms with Gasteiger partial charge in [-0.05, 0) is 32.1 Å². The van der Waals surface area contributed by atoms with Gasteiger partial charge >= 0.3 is 7.32 Å². The van der Waals surface area contributed by atoms with Gasteiger partial charge in [0.1, 0.15) is 0 Å². The first-order chi connectivity index (χ1) is 13.6. The predicted molar refractivity (Wildman–Crippen MR) is 113 cm³/mol. The third kappa shape index (κ3) is 19.9. The average molecular weight is 400 g/mol. The fourth-order valence-electron chi connectivity index (χ4n) is 2.79. The molecule has 0 spiro atoms. The largest absolute Gasteiger partial charge is 0.712 e. The lowest BCUT2D eigenvalue weighted by Gasteiger charge is -2.11. The van der Waals surface area contributed by atoms with Crippen LogP contribution in [0.4, 0.5) is 0 Å². The van der Waals surface area contributed by atoms with E-state index in [-0.39, 0.29) is 13.0 Å². The maximum Gasteiger partial charge on any atom is 0.712 e. The highest BCUT2D eigenvalue weighted by Gasteiger charge is 2.22. The summed E-state index contributed by atoms with van der Waals surface area (Å²) in [5.74, 6) is -0.524. The van der Waals surface area contributed by atoms with Gasteiger partial charge in [-0.25, -0.2) is 0 Å². The van der Waals surface area contributed by atoms with Crippen LogP contribution < -0.4 is 0 Å². The molecule has 0 rings (SSSR count). The van der Waals surface area contributed by atoms with Crippen molar-refractivity contribution in [2.24, 2.45) is 0 Å². The van der Waals surface area contributed by atoms with Gasteiger partial charge in [0.15, 0.2) is 0 Å². The van der Waals surface area contributed by atoms with E-state index in [1.807, 2.05) is 0 Å². The second-order valence-electron chi connectivity index (χ2n) is 7.30. The smallest absolute Gasteiger partial charge is 0.485 e. The lowest BCUT2D eigenvalue weighted by atomic mass is 10.1. The molecule has 0 aromatic heterocycles. The molecule has 0 aromatic carbocycles. The van der Waals surface area contributed by atoms with Crippen LogP contribution in [-0.4, -0.2) is 47.8 Å². The lowest BCUT2D eigenvalue weighted by Crippen LogP contribution is -2.31. The zero-order valence-corrected chi connectivity index (χ0v) is 17.7. The van der Waals surface area contributed by atoms with Gasteiger partial charge in [0.25, 0.3) is 5.97 Å². The van der Waals surface area contributed by atoms with Gasteiger partial charge in [-0.3, -0.25) is 4.79 Å². The Morgan fingerprint density at radius 1 is 0.929 bits per heavy atom. The molecule has 0 saturated carbocycles. The van der Waals surface area contributed by atoms with Crippen LogP contribution >= 0.6 is 0 Å². The normalized spacial score (nSPS) is 12.4. The van der Waals surface area contributed by atoms with Crippen LogP contribution in [0.5, 0.6) is 0 Å². The Morgan fingerprint density at radius 2 is 1.46 bits per heavy atom. The fraction of sp³-hybridized carbons (Fsp3) is 0.857. The maximum absolute atomic E-state index is 11.5. The summed E-state index contributed by atoms with van der Waals surface area (Å²) in [6.07, 6.45) is 19.2. The topological polar surface area (TPSA) is 96.2 Å². The molecule has 6 nitrogen and oxygen atoms in total. The number of carbonyl (C=O) groups excluding carboxylic acids is 1. The highest BCUT2D eigenvalue weighted by atomic mass is 16.7. The minimum Gasteiger partial charge on any atom is -0.485 e. The Bertz CT molecular complexity index is 378. The number of unbranched alkanes of at least 4 members (excludes halogenated alkanes) is 11. The van der Waals surface area contributed by atoms with Crippen LogP contribution in [-0.2, 0) is 14.1 Å². The summed E-state index contributed by atoms with van der Waals surface area (Å²) in [7, 11) is -1.70. The van der Waals surface area contributed by atoms with E-state index in [0.29, 0.717) is 0 Å². The second-order valence-corrected chi connectivity index (χ2v) is 7.30. The van der Waals surface area contributed by atoms with Gasteiger partial charge in [0.05, 0.1) is 19.3 Å². The van der Waals surface area contributed by atoms with Gasteiger partial charge in [-0.15, -0.1) is 0 Å². The van der Waals surface area contributed by atoms with E-state index in [1.165, 1.54) is 51.4 Å². The first kappa shape index (κ1) is 27.1. The summed E-state index contributed by atoms with van der Waals surface area (Å²) < 4.78 is 9.35. The molecule has 0 aliphatic rings. The molecule has 3 N–H and O–H groups in total. The minimum absolute atomic E-state index is 0.237. The van der Waals surface area contributed by atoms with Gasteiger partial charge in [0, 0.05) is 6.42 Å². The standard InChI is InChI=1S/C21H41BO6/c1-2-3-4-5-6-7-8-9-10-11-12-13-14-15-16-17-21(25)28-22(26)27-19-20(24)18-23/h9-10,20,23-24,26H,2-8,11-19H2,1H3/b10-9-. The van der Waals surface area contributed by atoms with Crippen molar-refractivity contribution in [3.63, 3.8) is 0 Å². The molecular formula is C21H41BO6. The summed E-state index contributed by atoms with van der Waals surface area (Å²) in [6, 6.07) is 0. The molecule has 1 atom stereocenters. The van der Waals surface area contributed by atoms with Crippen LogP contribution in [0.15, 0.2) is 12.2 Å². The van der Waals surface area contributed by atoms with E-state index >= 15 is 0 Å².